The largest absolute Gasteiger partial charge is 0.507 e. The van der Waals surface area contributed by atoms with Crippen LogP contribution in [0, 0.1) is 5.82 Å². The summed E-state index contributed by atoms with van der Waals surface area (Å²) >= 11 is 0. The second-order valence-corrected chi connectivity index (χ2v) is 7.65. The molecule has 1 fully saturated rings. The Morgan fingerprint density at radius 1 is 0.867 bits per heavy atom. The molecule has 0 bridgehead atoms. The standard InChI is InChI=1S/C25H22FN3O/c26-20-11-12-24(30)22(15-20)23-13-14-27-29(23)21-16-28(17-21)25(18-7-3-1-4-8-18)19-9-5-2-6-10-19/h1-15,21,25,30H,16-17H2. The Bertz CT molecular complexity index is 1100. The molecule has 150 valence electrons. The topological polar surface area (TPSA) is 41.3 Å². The van der Waals surface area contributed by atoms with E-state index in [9.17, 15) is 9.50 Å². The van der Waals surface area contributed by atoms with Gasteiger partial charge in [-0.05, 0) is 35.4 Å². The predicted octanol–water partition coefficient (Wildman–Crippen LogP) is 5.04. The number of benzene rings is 3. The van der Waals surface area contributed by atoms with Gasteiger partial charge in [-0.1, -0.05) is 60.7 Å². The maximum atomic E-state index is 13.8. The normalized spacial score (nSPS) is 14.7. The number of aromatic nitrogens is 2. The van der Waals surface area contributed by atoms with E-state index in [0.717, 1.165) is 18.8 Å². The molecule has 3 aromatic carbocycles. The second-order valence-electron chi connectivity index (χ2n) is 7.65. The molecule has 1 saturated heterocycles. The van der Waals surface area contributed by atoms with Crippen molar-refractivity contribution in [2.24, 2.45) is 0 Å². The number of phenolic OH excluding ortho intramolecular Hbond substituents is 1. The minimum Gasteiger partial charge on any atom is -0.507 e. The van der Waals surface area contributed by atoms with E-state index in [0.29, 0.717) is 5.56 Å². The molecule has 1 aromatic heterocycles. The fraction of sp³-hybridized carbons (Fsp3) is 0.160. The Morgan fingerprint density at radius 2 is 1.50 bits per heavy atom. The molecule has 5 rings (SSSR count). The predicted molar refractivity (Wildman–Crippen MR) is 115 cm³/mol. The molecular weight excluding hydrogens is 377 g/mol. The minimum absolute atomic E-state index is 0.0563. The van der Waals surface area contributed by atoms with Crippen molar-refractivity contribution in [1.82, 2.24) is 14.7 Å². The molecule has 0 saturated carbocycles. The number of aromatic hydroxyl groups is 1. The van der Waals surface area contributed by atoms with Crippen LogP contribution in [0.1, 0.15) is 23.2 Å². The fourth-order valence-electron chi connectivity index (χ4n) is 4.27. The average molecular weight is 399 g/mol. The highest BCUT2D eigenvalue weighted by Crippen LogP contribution is 2.38. The van der Waals surface area contributed by atoms with E-state index in [1.807, 2.05) is 22.9 Å². The van der Waals surface area contributed by atoms with E-state index in [1.54, 1.807) is 6.20 Å². The van der Waals surface area contributed by atoms with E-state index in [2.05, 4.69) is 58.5 Å². The van der Waals surface area contributed by atoms with Gasteiger partial charge in [-0.3, -0.25) is 9.58 Å². The number of halogens is 1. The van der Waals surface area contributed by atoms with Crippen LogP contribution < -0.4 is 0 Å². The molecule has 2 heterocycles. The summed E-state index contributed by atoms with van der Waals surface area (Å²) in [6.07, 6.45) is 1.70. The van der Waals surface area contributed by atoms with Gasteiger partial charge in [0.1, 0.15) is 11.6 Å². The molecule has 0 aliphatic carbocycles. The van der Waals surface area contributed by atoms with Crippen molar-refractivity contribution in [1.29, 1.82) is 0 Å². The molecule has 4 nitrogen and oxygen atoms in total. The number of likely N-dealkylation sites (tertiary alicyclic amines) is 1. The van der Waals surface area contributed by atoms with Gasteiger partial charge in [0.25, 0.3) is 0 Å². The maximum Gasteiger partial charge on any atom is 0.125 e. The SMILES string of the molecule is Oc1ccc(F)cc1-c1ccnn1C1CN(C(c2ccccc2)c2ccccc2)C1. The zero-order chi connectivity index (χ0) is 20.5. The average Bonchev–Trinajstić information content (AvgIpc) is 3.22. The number of phenols is 1. The summed E-state index contributed by atoms with van der Waals surface area (Å²) in [5, 5.41) is 14.7. The zero-order valence-corrected chi connectivity index (χ0v) is 16.4. The van der Waals surface area contributed by atoms with Crippen molar-refractivity contribution in [3.63, 3.8) is 0 Å². The Hall–Kier alpha value is -3.44. The van der Waals surface area contributed by atoms with Gasteiger partial charge in [-0.15, -0.1) is 0 Å². The van der Waals surface area contributed by atoms with Crippen LogP contribution in [0.3, 0.4) is 0 Å². The van der Waals surface area contributed by atoms with E-state index in [4.69, 9.17) is 0 Å². The van der Waals surface area contributed by atoms with Gasteiger partial charge in [0, 0.05) is 24.8 Å². The third-order valence-electron chi connectivity index (χ3n) is 5.74. The molecule has 5 heteroatoms. The minimum atomic E-state index is -0.376. The summed E-state index contributed by atoms with van der Waals surface area (Å²) in [4.78, 5) is 2.42. The molecule has 1 N–H and O–H groups in total. The van der Waals surface area contributed by atoms with Crippen molar-refractivity contribution < 1.29 is 9.50 Å². The highest BCUT2D eigenvalue weighted by molar-refractivity contribution is 5.67. The van der Waals surface area contributed by atoms with Gasteiger partial charge in [0.2, 0.25) is 0 Å². The molecule has 4 aromatic rings. The molecular formula is C25H22FN3O. The lowest BCUT2D eigenvalue weighted by molar-refractivity contribution is 0.0691. The van der Waals surface area contributed by atoms with E-state index >= 15 is 0 Å². The van der Waals surface area contributed by atoms with E-state index in [-0.39, 0.29) is 23.7 Å². The van der Waals surface area contributed by atoms with Crippen LogP contribution >= 0.6 is 0 Å². The molecule has 0 atom stereocenters. The summed E-state index contributed by atoms with van der Waals surface area (Å²) in [6.45, 7) is 1.64. The van der Waals surface area contributed by atoms with Crippen LogP contribution in [-0.2, 0) is 0 Å². The van der Waals surface area contributed by atoms with E-state index < -0.39 is 0 Å². The number of nitrogens with zero attached hydrogens (tertiary/aromatic N) is 3. The second kappa shape index (κ2) is 7.76. The Kier molecular flexibility index (Phi) is 4.81. The first-order valence-electron chi connectivity index (χ1n) is 10.1. The zero-order valence-electron chi connectivity index (χ0n) is 16.4. The van der Waals surface area contributed by atoms with Crippen molar-refractivity contribution >= 4 is 0 Å². The number of rotatable bonds is 5. The van der Waals surface area contributed by atoms with Gasteiger partial charge in [-0.2, -0.15) is 5.10 Å². The van der Waals surface area contributed by atoms with Gasteiger partial charge in [0.15, 0.2) is 0 Å². The third kappa shape index (κ3) is 3.37. The van der Waals surface area contributed by atoms with E-state index in [1.165, 1.54) is 29.3 Å². The highest BCUT2D eigenvalue weighted by atomic mass is 19.1. The quantitative estimate of drug-likeness (QED) is 0.511. The first-order chi connectivity index (χ1) is 14.7. The lowest BCUT2D eigenvalue weighted by Crippen LogP contribution is -2.50. The number of hydrogen-bond donors (Lipinski definition) is 1. The Morgan fingerprint density at radius 3 is 2.13 bits per heavy atom. The van der Waals surface area contributed by atoms with Gasteiger partial charge in [0.05, 0.1) is 17.8 Å². The lowest BCUT2D eigenvalue weighted by Gasteiger charge is -2.45. The van der Waals surface area contributed by atoms with Gasteiger partial charge >= 0.3 is 0 Å². The molecule has 0 spiro atoms. The summed E-state index contributed by atoms with van der Waals surface area (Å²) < 4.78 is 15.7. The smallest absolute Gasteiger partial charge is 0.125 e. The Balaban J connectivity index is 1.42. The van der Waals surface area contributed by atoms with Crippen LogP contribution in [0.4, 0.5) is 4.39 Å². The van der Waals surface area contributed by atoms with Crippen LogP contribution in [0.15, 0.2) is 91.1 Å². The first kappa shape index (κ1) is 18.6. The third-order valence-corrected chi connectivity index (χ3v) is 5.74. The molecule has 1 aliphatic heterocycles. The fourth-order valence-corrected chi connectivity index (χ4v) is 4.27. The first-order valence-corrected chi connectivity index (χ1v) is 10.1. The summed E-state index contributed by atoms with van der Waals surface area (Å²) in [5.74, 6) is -0.320. The highest BCUT2D eigenvalue weighted by Gasteiger charge is 2.36. The number of hydrogen-bond acceptors (Lipinski definition) is 3. The molecule has 0 amide bonds. The molecule has 0 unspecified atom stereocenters. The Labute approximate surface area is 174 Å². The van der Waals surface area contributed by atoms with Crippen LogP contribution in [-0.4, -0.2) is 32.9 Å². The summed E-state index contributed by atoms with van der Waals surface area (Å²) in [7, 11) is 0. The van der Waals surface area contributed by atoms with Crippen molar-refractivity contribution in [3.8, 4) is 17.0 Å². The lowest BCUT2D eigenvalue weighted by atomic mass is 9.93. The van der Waals surface area contributed by atoms with Crippen molar-refractivity contribution in [3.05, 3.63) is 108 Å². The van der Waals surface area contributed by atoms with Crippen molar-refractivity contribution in [2.75, 3.05) is 13.1 Å². The monoisotopic (exact) mass is 399 g/mol. The van der Waals surface area contributed by atoms with Crippen molar-refractivity contribution in [2.45, 2.75) is 12.1 Å². The summed E-state index contributed by atoms with van der Waals surface area (Å²) in [5.41, 5.74) is 3.71. The van der Waals surface area contributed by atoms with Gasteiger partial charge in [-0.25, -0.2) is 4.39 Å². The molecule has 0 radical (unpaired) electrons. The van der Waals surface area contributed by atoms with Crippen LogP contribution in [0.25, 0.3) is 11.3 Å². The van der Waals surface area contributed by atoms with Crippen LogP contribution in [0.5, 0.6) is 5.75 Å². The maximum absolute atomic E-state index is 13.8. The summed E-state index contributed by atoms with van der Waals surface area (Å²) in [6, 6.07) is 27.2. The molecule has 1 aliphatic rings. The van der Waals surface area contributed by atoms with Crippen LogP contribution in [0.2, 0.25) is 0 Å². The molecule has 30 heavy (non-hydrogen) atoms. The van der Waals surface area contributed by atoms with Gasteiger partial charge < -0.3 is 5.11 Å².